The van der Waals surface area contributed by atoms with Gasteiger partial charge in [-0.2, -0.15) is 0 Å². The Balaban J connectivity index is 2.13. The summed E-state index contributed by atoms with van der Waals surface area (Å²) in [5, 5.41) is 2.77. The summed E-state index contributed by atoms with van der Waals surface area (Å²) >= 11 is 5.77. The van der Waals surface area contributed by atoms with E-state index in [1.54, 1.807) is 18.7 Å². The van der Waals surface area contributed by atoms with Crippen molar-refractivity contribution in [1.29, 1.82) is 0 Å². The van der Waals surface area contributed by atoms with Crippen LogP contribution in [0.2, 0.25) is 5.02 Å². The normalized spacial score (nSPS) is 11.2. The highest BCUT2D eigenvalue weighted by Gasteiger charge is 2.21. The maximum atomic E-state index is 13.4. The van der Waals surface area contributed by atoms with E-state index in [0.29, 0.717) is 30.9 Å². The first-order chi connectivity index (χ1) is 13.8. The van der Waals surface area contributed by atoms with Gasteiger partial charge >= 0.3 is 5.69 Å². The van der Waals surface area contributed by atoms with Gasteiger partial charge in [-0.25, -0.2) is 9.18 Å². The van der Waals surface area contributed by atoms with Crippen molar-refractivity contribution in [2.75, 3.05) is 19.0 Å². The molecule has 1 N–H and O–H groups in total. The Labute approximate surface area is 170 Å². The standard InChI is InChI=1S/C19H20ClFN4O4/c1-23-17-12(18(27)24(2)19(23)28)10-15(25(17)7-4-8-29-3)16(26)22-11-5-6-14(21)13(20)9-11/h5-6,9-10H,4,7-8H2,1-3H3,(H,22,26). The van der Waals surface area contributed by atoms with Gasteiger partial charge in [0.15, 0.2) is 0 Å². The predicted octanol–water partition coefficient (Wildman–Crippen LogP) is 2.12. The molecule has 0 saturated carbocycles. The number of carbonyl (C=O) groups excluding carboxylic acids is 1. The quantitative estimate of drug-likeness (QED) is 0.616. The van der Waals surface area contributed by atoms with Crippen molar-refractivity contribution in [3.8, 4) is 0 Å². The molecule has 1 amide bonds. The number of halogens is 2. The fourth-order valence-corrected chi connectivity index (χ4v) is 3.37. The lowest BCUT2D eigenvalue weighted by molar-refractivity contribution is 0.101. The number of carbonyl (C=O) groups is 1. The second-order valence-corrected chi connectivity index (χ2v) is 6.96. The number of benzene rings is 1. The number of rotatable bonds is 6. The highest BCUT2D eigenvalue weighted by atomic mass is 35.5. The summed E-state index contributed by atoms with van der Waals surface area (Å²) in [4.78, 5) is 37.9. The number of nitrogens with zero attached hydrogens (tertiary/aromatic N) is 3. The molecule has 0 aliphatic rings. The predicted molar refractivity (Wildman–Crippen MR) is 108 cm³/mol. The second kappa shape index (κ2) is 8.22. The molecule has 154 valence electrons. The minimum absolute atomic E-state index is 0.125. The zero-order valence-corrected chi connectivity index (χ0v) is 16.9. The molecule has 29 heavy (non-hydrogen) atoms. The number of nitrogens with one attached hydrogen (secondary N) is 1. The third kappa shape index (κ3) is 3.83. The third-order valence-corrected chi connectivity index (χ3v) is 4.92. The molecule has 0 unspecified atom stereocenters. The molecular formula is C19H20ClFN4O4. The fourth-order valence-electron chi connectivity index (χ4n) is 3.19. The van der Waals surface area contributed by atoms with Crippen molar-refractivity contribution in [2.24, 2.45) is 14.1 Å². The van der Waals surface area contributed by atoms with Gasteiger partial charge in [0.1, 0.15) is 17.2 Å². The SMILES string of the molecule is COCCCn1c(C(=O)Nc2ccc(F)c(Cl)c2)cc2c(=O)n(C)c(=O)n(C)c21. The van der Waals surface area contributed by atoms with Crippen molar-refractivity contribution in [3.05, 3.63) is 61.6 Å². The first-order valence-corrected chi connectivity index (χ1v) is 9.18. The maximum Gasteiger partial charge on any atom is 0.332 e. The molecular weight excluding hydrogens is 403 g/mol. The first kappa shape index (κ1) is 20.8. The van der Waals surface area contributed by atoms with Crippen LogP contribution >= 0.6 is 11.6 Å². The highest BCUT2D eigenvalue weighted by Crippen LogP contribution is 2.22. The zero-order chi connectivity index (χ0) is 21.3. The molecule has 0 bridgehead atoms. The molecule has 2 aromatic heterocycles. The first-order valence-electron chi connectivity index (χ1n) is 8.80. The average Bonchev–Trinajstić information content (AvgIpc) is 3.07. The number of amides is 1. The van der Waals surface area contributed by atoms with E-state index in [2.05, 4.69) is 5.32 Å². The van der Waals surface area contributed by atoms with Gasteiger partial charge in [0, 0.05) is 40.0 Å². The van der Waals surface area contributed by atoms with E-state index in [1.807, 2.05) is 0 Å². The van der Waals surface area contributed by atoms with Crippen LogP contribution in [-0.4, -0.2) is 33.3 Å². The largest absolute Gasteiger partial charge is 0.385 e. The maximum absolute atomic E-state index is 13.4. The molecule has 8 nitrogen and oxygen atoms in total. The minimum atomic E-state index is -0.600. The summed E-state index contributed by atoms with van der Waals surface area (Å²) in [6, 6.07) is 5.27. The molecule has 10 heteroatoms. The van der Waals surface area contributed by atoms with Crippen LogP contribution in [0.1, 0.15) is 16.9 Å². The van der Waals surface area contributed by atoms with Crippen LogP contribution in [0, 0.1) is 5.82 Å². The van der Waals surface area contributed by atoms with Gasteiger partial charge in [-0.05, 0) is 30.7 Å². The topological polar surface area (TPSA) is 87.3 Å². The smallest absolute Gasteiger partial charge is 0.332 e. The van der Waals surface area contributed by atoms with E-state index in [9.17, 15) is 18.8 Å². The van der Waals surface area contributed by atoms with Crippen LogP contribution in [0.5, 0.6) is 0 Å². The molecule has 0 radical (unpaired) electrons. The van der Waals surface area contributed by atoms with Crippen LogP contribution in [0.4, 0.5) is 10.1 Å². The lowest BCUT2D eigenvalue weighted by Crippen LogP contribution is -2.37. The summed E-state index contributed by atoms with van der Waals surface area (Å²) in [5.74, 6) is -1.12. The van der Waals surface area contributed by atoms with Crippen molar-refractivity contribution < 1.29 is 13.9 Å². The number of hydrogen-bond donors (Lipinski definition) is 1. The Morgan fingerprint density at radius 3 is 2.59 bits per heavy atom. The highest BCUT2D eigenvalue weighted by molar-refractivity contribution is 6.31. The van der Waals surface area contributed by atoms with E-state index in [1.165, 1.54) is 29.8 Å². The number of methoxy groups -OCH3 is 1. The molecule has 0 aliphatic heterocycles. The van der Waals surface area contributed by atoms with Crippen molar-refractivity contribution in [2.45, 2.75) is 13.0 Å². The Kier molecular flexibility index (Phi) is 5.90. The summed E-state index contributed by atoms with van der Waals surface area (Å²) < 4.78 is 22.4. The van der Waals surface area contributed by atoms with Gasteiger partial charge in [0.2, 0.25) is 0 Å². The van der Waals surface area contributed by atoms with Gasteiger partial charge in [0.25, 0.3) is 11.5 Å². The second-order valence-electron chi connectivity index (χ2n) is 6.55. The van der Waals surface area contributed by atoms with Gasteiger partial charge in [-0.15, -0.1) is 0 Å². The van der Waals surface area contributed by atoms with Crippen LogP contribution in [0.3, 0.4) is 0 Å². The monoisotopic (exact) mass is 422 g/mol. The molecule has 3 aromatic rings. The Bertz CT molecular complexity index is 1210. The zero-order valence-electron chi connectivity index (χ0n) is 16.2. The molecule has 0 atom stereocenters. The van der Waals surface area contributed by atoms with E-state index < -0.39 is 23.0 Å². The van der Waals surface area contributed by atoms with E-state index in [-0.39, 0.29) is 16.1 Å². The molecule has 2 heterocycles. The van der Waals surface area contributed by atoms with E-state index in [0.717, 1.165) is 10.6 Å². The van der Waals surface area contributed by atoms with E-state index in [4.69, 9.17) is 16.3 Å². The van der Waals surface area contributed by atoms with Gasteiger partial charge < -0.3 is 14.6 Å². The Morgan fingerprint density at radius 2 is 1.93 bits per heavy atom. The molecule has 0 spiro atoms. The Hall–Kier alpha value is -2.91. The molecule has 0 saturated heterocycles. The number of aryl methyl sites for hydroxylation is 2. The number of aromatic nitrogens is 3. The fraction of sp³-hybridized carbons (Fsp3) is 0.316. The lowest BCUT2D eigenvalue weighted by Gasteiger charge is -2.13. The van der Waals surface area contributed by atoms with Gasteiger partial charge in [0.05, 0.1) is 10.4 Å². The van der Waals surface area contributed by atoms with Crippen LogP contribution in [0.15, 0.2) is 33.9 Å². The molecule has 0 aliphatic carbocycles. The number of ether oxygens (including phenoxy) is 1. The van der Waals surface area contributed by atoms with Gasteiger partial charge in [-0.1, -0.05) is 11.6 Å². The summed E-state index contributed by atoms with van der Waals surface area (Å²) in [5.41, 5.74) is -0.151. The van der Waals surface area contributed by atoms with Crippen molar-refractivity contribution in [3.63, 3.8) is 0 Å². The average molecular weight is 423 g/mol. The number of hydrogen-bond acceptors (Lipinski definition) is 4. The van der Waals surface area contributed by atoms with Crippen LogP contribution in [0.25, 0.3) is 11.0 Å². The molecule has 3 rings (SSSR count). The molecule has 0 fully saturated rings. The van der Waals surface area contributed by atoms with Crippen LogP contribution in [-0.2, 0) is 25.4 Å². The van der Waals surface area contributed by atoms with Gasteiger partial charge in [-0.3, -0.25) is 18.7 Å². The lowest BCUT2D eigenvalue weighted by atomic mass is 10.3. The summed E-state index contributed by atoms with van der Waals surface area (Å²) in [6.07, 6.45) is 0.562. The number of fused-ring (bicyclic) bond motifs is 1. The minimum Gasteiger partial charge on any atom is -0.385 e. The number of anilines is 1. The summed E-state index contributed by atoms with van der Waals surface area (Å²) in [7, 11) is 4.48. The molecule has 1 aromatic carbocycles. The summed E-state index contributed by atoms with van der Waals surface area (Å²) in [6.45, 7) is 0.789. The van der Waals surface area contributed by atoms with Crippen molar-refractivity contribution >= 4 is 34.2 Å². The van der Waals surface area contributed by atoms with Crippen molar-refractivity contribution in [1.82, 2.24) is 13.7 Å². The third-order valence-electron chi connectivity index (χ3n) is 4.64. The van der Waals surface area contributed by atoms with E-state index >= 15 is 0 Å². The van der Waals surface area contributed by atoms with Crippen LogP contribution < -0.4 is 16.6 Å². The Morgan fingerprint density at radius 1 is 1.21 bits per heavy atom.